The second kappa shape index (κ2) is 7.10. The van der Waals surface area contributed by atoms with Crippen LogP contribution in [-0.4, -0.2) is 41.0 Å². The number of aromatic nitrogens is 1. The van der Waals surface area contributed by atoms with Gasteiger partial charge in [0.15, 0.2) is 0 Å². The summed E-state index contributed by atoms with van der Waals surface area (Å²) in [4.78, 5) is 19.0. The van der Waals surface area contributed by atoms with E-state index in [0.29, 0.717) is 27.8 Å². The molecule has 0 saturated carbocycles. The Morgan fingerprint density at radius 2 is 2.12 bits per heavy atom. The molecule has 3 saturated heterocycles. The van der Waals surface area contributed by atoms with Crippen LogP contribution in [0.1, 0.15) is 30.5 Å². The summed E-state index contributed by atoms with van der Waals surface area (Å²) < 4.78 is 11.0. The molecule has 1 amide bonds. The number of carbonyl (C=O) groups excluding carboxylic acids is 1. The number of nitrogens with one attached hydrogen (secondary N) is 1. The van der Waals surface area contributed by atoms with E-state index in [1.807, 2.05) is 0 Å². The summed E-state index contributed by atoms with van der Waals surface area (Å²) in [6.45, 7) is 4.37. The van der Waals surface area contributed by atoms with Crippen LogP contribution in [0.2, 0.25) is 10.0 Å². The van der Waals surface area contributed by atoms with Crippen molar-refractivity contribution in [1.29, 1.82) is 0 Å². The van der Waals surface area contributed by atoms with Gasteiger partial charge in [-0.3, -0.25) is 9.69 Å². The van der Waals surface area contributed by atoms with Crippen molar-refractivity contribution in [2.75, 3.05) is 13.1 Å². The van der Waals surface area contributed by atoms with Gasteiger partial charge in [-0.05, 0) is 57.0 Å². The van der Waals surface area contributed by atoms with Crippen molar-refractivity contribution in [3.63, 3.8) is 0 Å². The largest absolute Gasteiger partial charge is 0.423 e. The molecule has 1 aromatic heterocycles. The Balaban J connectivity index is 1.43. The highest BCUT2D eigenvalue weighted by Gasteiger charge is 2.40. The molecule has 138 valence electrons. The number of fused-ring (bicyclic) bond motifs is 3. The van der Waals surface area contributed by atoms with Crippen molar-refractivity contribution in [2.45, 2.75) is 31.8 Å². The lowest BCUT2D eigenvalue weighted by Gasteiger charge is -2.49. The predicted octanol–water partition coefficient (Wildman–Crippen LogP) is 3.99. The van der Waals surface area contributed by atoms with Gasteiger partial charge in [0.05, 0.1) is 5.02 Å². The zero-order chi connectivity index (χ0) is 18.3. The van der Waals surface area contributed by atoms with E-state index >= 15 is 0 Å². The molecule has 3 aliphatic rings. The molecular formula is C18H19Cl2N3O3. The van der Waals surface area contributed by atoms with Crippen molar-refractivity contribution in [2.24, 2.45) is 5.92 Å². The highest BCUT2D eigenvalue weighted by Crippen LogP contribution is 2.33. The van der Waals surface area contributed by atoms with Crippen molar-refractivity contribution in [3.05, 3.63) is 40.3 Å². The first-order valence-corrected chi connectivity index (χ1v) is 9.40. The van der Waals surface area contributed by atoms with Gasteiger partial charge in [0.1, 0.15) is 11.9 Å². The van der Waals surface area contributed by atoms with Crippen LogP contribution < -0.4 is 10.1 Å². The summed E-state index contributed by atoms with van der Waals surface area (Å²) in [6, 6.07) is 5.29. The average Bonchev–Trinajstić information content (AvgIpc) is 3.09. The summed E-state index contributed by atoms with van der Waals surface area (Å²) >= 11 is 11.9. The summed E-state index contributed by atoms with van der Waals surface area (Å²) in [6.07, 6.45) is 3.59. The van der Waals surface area contributed by atoms with Crippen molar-refractivity contribution in [3.8, 4) is 11.7 Å². The second-order valence-corrected chi connectivity index (χ2v) is 7.62. The molecule has 0 spiro atoms. The number of piperidine rings is 3. The molecule has 1 aromatic carbocycles. The highest BCUT2D eigenvalue weighted by atomic mass is 35.5. The SMILES string of the molecule is C[C@H]1[C@H](NC(=O)c2ncc(Oc3ccc(Cl)cc3Cl)o2)C2CCN1CC2. The monoisotopic (exact) mass is 395 g/mol. The van der Waals surface area contributed by atoms with Crippen molar-refractivity contribution >= 4 is 29.1 Å². The van der Waals surface area contributed by atoms with Crippen LogP contribution in [0.3, 0.4) is 0 Å². The lowest BCUT2D eigenvalue weighted by Crippen LogP contribution is -2.62. The minimum atomic E-state index is -0.326. The molecule has 2 bridgehead atoms. The van der Waals surface area contributed by atoms with Gasteiger partial charge in [-0.1, -0.05) is 23.2 Å². The number of hydrogen-bond acceptors (Lipinski definition) is 5. The number of hydrogen-bond donors (Lipinski definition) is 1. The maximum atomic E-state index is 12.5. The molecule has 3 fully saturated rings. The van der Waals surface area contributed by atoms with Crippen LogP contribution >= 0.6 is 23.2 Å². The summed E-state index contributed by atoms with van der Waals surface area (Å²) in [5, 5.41) is 3.93. The number of amides is 1. The Hall–Kier alpha value is -1.76. The fourth-order valence-electron chi connectivity index (χ4n) is 3.84. The Morgan fingerprint density at radius 1 is 1.35 bits per heavy atom. The van der Waals surface area contributed by atoms with Gasteiger partial charge in [0.25, 0.3) is 5.89 Å². The van der Waals surface area contributed by atoms with E-state index in [-0.39, 0.29) is 23.8 Å². The van der Waals surface area contributed by atoms with E-state index in [1.54, 1.807) is 18.2 Å². The molecule has 0 aliphatic carbocycles. The standard InChI is InChI=1S/C18H19Cl2N3O3/c1-10-16(11-4-6-23(10)7-5-11)22-17(24)18-21-9-15(26-18)25-14-3-2-12(19)8-13(14)20/h2-3,8-11,16H,4-7H2,1H3,(H,22,24)/t10-,16-/m0/s1. The number of rotatable bonds is 4. The minimum absolute atomic E-state index is 0.0197. The number of nitrogens with zero attached hydrogens (tertiary/aromatic N) is 2. The smallest absolute Gasteiger partial charge is 0.311 e. The maximum absolute atomic E-state index is 12.5. The van der Waals surface area contributed by atoms with Crippen LogP contribution in [0.5, 0.6) is 11.7 Å². The van der Waals surface area contributed by atoms with E-state index in [9.17, 15) is 4.79 Å². The quantitative estimate of drug-likeness (QED) is 0.847. The number of oxazole rings is 1. The van der Waals surface area contributed by atoms with Crippen LogP contribution in [-0.2, 0) is 0 Å². The predicted molar refractivity (Wildman–Crippen MR) is 98.1 cm³/mol. The highest BCUT2D eigenvalue weighted by molar-refractivity contribution is 6.35. The fraction of sp³-hybridized carbons (Fsp3) is 0.444. The lowest BCUT2D eigenvalue weighted by atomic mass is 9.79. The molecule has 2 atom stereocenters. The van der Waals surface area contributed by atoms with Gasteiger partial charge in [-0.2, -0.15) is 0 Å². The van der Waals surface area contributed by atoms with E-state index in [2.05, 4.69) is 22.1 Å². The molecule has 26 heavy (non-hydrogen) atoms. The zero-order valence-corrected chi connectivity index (χ0v) is 15.8. The minimum Gasteiger partial charge on any atom is -0.423 e. The van der Waals surface area contributed by atoms with Crippen molar-refractivity contribution < 1.29 is 13.9 Å². The fourth-order valence-corrected chi connectivity index (χ4v) is 4.28. The summed E-state index contributed by atoms with van der Waals surface area (Å²) in [5.74, 6) is 0.644. The third kappa shape index (κ3) is 3.41. The molecule has 2 aromatic rings. The van der Waals surface area contributed by atoms with Crippen LogP contribution in [0, 0.1) is 5.92 Å². The third-order valence-corrected chi connectivity index (χ3v) is 5.79. The van der Waals surface area contributed by atoms with Gasteiger partial charge >= 0.3 is 11.9 Å². The van der Waals surface area contributed by atoms with Crippen LogP contribution in [0.25, 0.3) is 0 Å². The number of ether oxygens (including phenoxy) is 1. The van der Waals surface area contributed by atoms with Gasteiger partial charge < -0.3 is 14.5 Å². The molecule has 0 radical (unpaired) electrons. The van der Waals surface area contributed by atoms with E-state index in [0.717, 1.165) is 25.9 Å². The maximum Gasteiger partial charge on any atom is 0.311 e. The normalized spacial score (nSPS) is 27.3. The molecular weight excluding hydrogens is 377 g/mol. The van der Waals surface area contributed by atoms with Gasteiger partial charge in [-0.15, -0.1) is 0 Å². The molecule has 3 aliphatic heterocycles. The summed E-state index contributed by atoms with van der Waals surface area (Å²) in [7, 11) is 0. The number of carbonyl (C=O) groups is 1. The van der Waals surface area contributed by atoms with Gasteiger partial charge in [-0.25, -0.2) is 4.98 Å². The molecule has 6 nitrogen and oxygen atoms in total. The van der Waals surface area contributed by atoms with E-state index < -0.39 is 0 Å². The van der Waals surface area contributed by atoms with Gasteiger partial charge in [0, 0.05) is 17.1 Å². The first-order chi connectivity index (χ1) is 12.5. The first kappa shape index (κ1) is 17.6. The van der Waals surface area contributed by atoms with Gasteiger partial charge in [0.2, 0.25) is 0 Å². The first-order valence-electron chi connectivity index (χ1n) is 8.65. The molecule has 5 rings (SSSR count). The molecule has 0 unspecified atom stereocenters. The zero-order valence-electron chi connectivity index (χ0n) is 14.2. The Bertz CT molecular complexity index is 816. The Morgan fingerprint density at radius 3 is 2.81 bits per heavy atom. The van der Waals surface area contributed by atoms with Crippen LogP contribution in [0.15, 0.2) is 28.8 Å². The van der Waals surface area contributed by atoms with Crippen LogP contribution in [0.4, 0.5) is 0 Å². The van der Waals surface area contributed by atoms with Crippen molar-refractivity contribution in [1.82, 2.24) is 15.2 Å². The van der Waals surface area contributed by atoms with E-state index in [1.165, 1.54) is 6.20 Å². The topological polar surface area (TPSA) is 67.6 Å². The third-order valence-electron chi connectivity index (χ3n) is 5.26. The number of halogens is 2. The molecule has 8 heteroatoms. The molecule has 1 N–H and O–H groups in total. The lowest BCUT2D eigenvalue weighted by molar-refractivity contribution is 0.0209. The number of benzene rings is 1. The van der Waals surface area contributed by atoms with E-state index in [4.69, 9.17) is 32.4 Å². The Labute approximate surface area is 161 Å². The average molecular weight is 396 g/mol. The summed E-state index contributed by atoms with van der Waals surface area (Å²) in [5.41, 5.74) is 0. The second-order valence-electron chi connectivity index (χ2n) is 6.77. The molecule has 4 heterocycles. The Kier molecular flexibility index (Phi) is 4.82.